The molecule has 5 rings (SSSR count). The van der Waals surface area contributed by atoms with Gasteiger partial charge in [0.1, 0.15) is 6.61 Å². The van der Waals surface area contributed by atoms with E-state index in [1.165, 1.54) is 0 Å². The molecule has 0 heterocycles. The zero-order chi connectivity index (χ0) is 22.8. The Balaban J connectivity index is 1.47. The van der Waals surface area contributed by atoms with E-state index in [0.717, 1.165) is 27.5 Å². The van der Waals surface area contributed by atoms with Gasteiger partial charge in [-0.25, -0.2) is 0 Å². The van der Waals surface area contributed by atoms with Crippen LogP contribution in [0.4, 0.5) is 0 Å². The van der Waals surface area contributed by atoms with Gasteiger partial charge in [-0.1, -0.05) is 103 Å². The fourth-order valence-corrected chi connectivity index (χ4v) is 5.19. The van der Waals surface area contributed by atoms with Gasteiger partial charge in [0.15, 0.2) is 0 Å². The van der Waals surface area contributed by atoms with Gasteiger partial charge < -0.3 is 9.84 Å². The molecule has 3 unspecified atom stereocenters. The van der Waals surface area contributed by atoms with E-state index in [9.17, 15) is 14.7 Å². The monoisotopic (exact) mass is 436 g/mol. The van der Waals surface area contributed by atoms with Crippen LogP contribution in [0.2, 0.25) is 0 Å². The van der Waals surface area contributed by atoms with Crippen molar-refractivity contribution < 1.29 is 19.4 Å². The minimum atomic E-state index is -0.893. The molecule has 0 amide bonds. The molecule has 1 saturated carbocycles. The Morgan fingerprint density at radius 1 is 0.667 bits per heavy atom. The Bertz CT molecular complexity index is 1230. The second kappa shape index (κ2) is 8.91. The van der Waals surface area contributed by atoms with Gasteiger partial charge >= 0.3 is 11.9 Å². The number of carbonyl (C=O) groups is 2. The first-order valence-electron chi connectivity index (χ1n) is 11.1. The van der Waals surface area contributed by atoms with Gasteiger partial charge in [0.05, 0.1) is 11.8 Å². The highest BCUT2D eigenvalue weighted by molar-refractivity contribution is 5.87. The first-order chi connectivity index (χ1) is 16.1. The zero-order valence-electron chi connectivity index (χ0n) is 18.0. The third kappa shape index (κ3) is 3.89. The molecular formula is C29H24O4. The summed E-state index contributed by atoms with van der Waals surface area (Å²) in [5, 5.41) is 12.2. The number of benzene rings is 4. The number of carboxylic acid groups (broad SMARTS) is 1. The average molecular weight is 437 g/mol. The Morgan fingerprint density at radius 2 is 1.21 bits per heavy atom. The number of carboxylic acids is 1. The van der Waals surface area contributed by atoms with E-state index < -0.39 is 29.6 Å². The molecule has 0 aliphatic heterocycles. The summed E-state index contributed by atoms with van der Waals surface area (Å²) in [6, 6.07) is 32.8. The number of carbonyl (C=O) groups excluding carboxylic acids is 1. The Hall–Kier alpha value is -3.92. The van der Waals surface area contributed by atoms with Crippen LogP contribution >= 0.6 is 0 Å². The fourth-order valence-electron chi connectivity index (χ4n) is 5.19. The molecule has 4 heteroatoms. The summed E-state index contributed by atoms with van der Waals surface area (Å²) in [6.45, 7) is 0.150. The highest BCUT2D eigenvalue weighted by Crippen LogP contribution is 2.58. The van der Waals surface area contributed by atoms with E-state index in [1.807, 2.05) is 103 Å². The van der Waals surface area contributed by atoms with Crippen LogP contribution in [0.1, 0.15) is 28.5 Å². The maximum absolute atomic E-state index is 13.5. The smallest absolute Gasteiger partial charge is 0.310 e. The Kier molecular flexibility index (Phi) is 5.66. The predicted octanol–water partition coefficient (Wildman–Crippen LogP) is 5.78. The van der Waals surface area contributed by atoms with Gasteiger partial charge in [-0.15, -0.1) is 0 Å². The molecule has 1 N–H and O–H groups in total. The largest absolute Gasteiger partial charge is 0.481 e. The number of fused-ring (bicyclic) bond motifs is 1. The van der Waals surface area contributed by atoms with Crippen LogP contribution in [0.15, 0.2) is 103 Å². The van der Waals surface area contributed by atoms with E-state index >= 15 is 0 Å². The molecule has 33 heavy (non-hydrogen) atoms. The van der Waals surface area contributed by atoms with E-state index in [0.29, 0.717) is 0 Å². The predicted molar refractivity (Wildman–Crippen MR) is 127 cm³/mol. The molecule has 0 radical (unpaired) electrons. The van der Waals surface area contributed by atoms with Crippen molar-refractivity contribution in [2.75, 3.05) is 0 Å². The van der Waals surface area contributed by atoms with Crippen LogP contribution in [0.3, 0.4) is 0 Å². The molecule has 1 aliphatic rings. The van der Waals surface area contributed by atoms with Crippen molar-refractivity contribution in [1.82, 2.24) is 0 Å². The summed E-state index contributed by atoms with van der Waals surface area (Å²) >= 11 is 0. The maximum Gasteiger partial charge on any atom is 0.310 e. The summed E-state index contributed by atoms with van der Waals surface area (Å²) in [6.07, 6.45) is 0. The molecule has 4 aromatic carbocycles. The second-order valence-corrected chi connectivity index (χ2v) is 8.51. The standard InChI is InChI=1S/C29H24O4/c30-28(31)26-24(20-11-3-1-4-12-20)27(25(26)21-13-5-2-6-14-21)29(32)33-18-22-16-9-15-19-10-7-8-17-23(19)22/h1-17,24-27H,18H2,(H,30,31)/t24-,25?,26?,27?/m0/s1. The van der Waals surface area contributed by atoms with Crippen LogP contribution in [-0.2, 0) is 20.9 Å². The molecule has 1 fully saturated rings. The Labute approximate surface area is 192 Å². The van der Waals surface area contributed by atoms with Crippen LogP contribution in [-0.4, -0.2) is 17.0 Å². The third-order valence-electron chi connectivity index (χ3n) is 6.72. The van der Waals surface area contributed by atoms with Gasteiger partial charge in [0.25, 0.3) is 0 Å². The lowest BCUT2D eigenvalue weighted by Gasteiger charge is -2.49. The molecule has 4 nitrogen and oxygen atoms in total. The van der Waals surface area contributed by atoms with E-state index in [4.69, 9.17) is 4.74 Å². The van der Waals surface area contributed by atoms with Crippen molar-refractivity contribution >= 4 is 22.7 Å². The zero-order valence-corrected chi connectivity index (χ0v) is 18.0. The van der Waals surface area contributed by atoms with Gasteiger partial charge in [-0.2, -0.15) is 0 Å². The number of aliphatic carboxylic acids is 1. The summed E-state index contributed by atoms with van der Waals surface area (Å²) < 4.78 is 5.84. The quantitative estimate of drug-likeness (QED) is 0.389. The first kappa shape index (κ1) is 21.0. The molecule has 4 atom stereocenters. The summed E-state index contributed by atoms with van der Waals surface area (Å²) in [7, 11) is 0. The van der Waals surface area contributed by atoms with Crippen molar-refractivity contribution in [1.29, 1.82) is 0 Å². The van der Waals surface area contributed by atoms with Gasteiger partial charge in [0.2, 0.25) is 0 Å². The molecule has 1 aliphatic carbocycles. The number of rotatable bonds is 6. The lowest BCUT2D eigenvalue weighted by Crippen LogP contribution is -2.51. The molecule has 0 spiro atoms. The van der Waals surface area contributed by atoms with Crippen molar-refractivity contribution in [3.63, 3.8) is 0 Å². The van der Waals surface area contributed by atoms with Crippen LogP contribution in [0, 0.1) is 11.8 Å². The minimum absolute atomic E-state index is 0.150. The summed E-state index contributed by atoms with van der Waals surface area (Å²) in [4.78, 5) is 25.7. The SMILES string of the molecule is O=C(O)C1C(c2ccccc2)C(C(=O)OCc2cccc3ccccc23)[C@H]1c1ccccc1. The van der Waals surface area contributed by atoms with E-state index in [1.54, 1.807) is 0 Å². The van der Waals surface area contributed by atoms with E-state index in [2.05, 4.69) is 0 Å². The first-order valence-corrected chi connectivity index (χ1v) is 11.1. The second-order valence-electron chi connectivity index (χ2n) is 8.51. The maximum atomic E-state index is 13.5. The Morgan fingerprint density at radius 3 is 1.82 bits per heavy atom. The highest BCUT2D eigenvalue weighted by atomic mass is 16.5. The van der Waals surface area contributed by atoms with Crippen LogP contribution in [0.5, 0.6) is 0 Å². The van der Waals surface area contributed by atoms with E-state index in [-0.39, 0.29) is 12.6 Å². The third-order valence-corrected chi connectivity index (χ3v) is 6.72. The number of hydrogen-bond acceptors (Lipinski definition) is 3. The number of hydrogen-bond donors (Lipinski definition) is 1. The summed E-state index contributed by atoms with van der Waals surface area (Å²) in [5.41, 5.74) is 2.64. The minimum Gasteiger partial charge on any atom is -0.481 e. The topological polar surface area (TPSA) is 63.6 Å². The molecular weight excluding hydrogens is 412 g/mol. The molecule has 164 valence electrons. The summed E-state index contributed by atoms with van der Waals surface area (Å²) in [5.74, 6) is -3.38. The highest BCUT2D eigenvalue weighted by Gasteiger charge is 2.59. The van der Waals surface area contributed by atoms with Crippen molar-refractivity contribution in [2.45, 2.75) is 18.4 Å². The average Bonchev–Trinajstić information content (AvgIpc) is 2.83. The van der Waals surface area contributed by atoms with Crippen molar-refractivity contribution in [3.8, 4) is 0 Å². The normalized spacial score (nSPS) is 21.8. The van der Waals surface area contributed by atoms with Gasteiger partial charge in [-0.3, -0.25) is 9.59 Å². The molecule has 0 saturated heterocycles. The van der Waals surface area contributed by atoms with Gasteiger partial charge in [0, 0.05) is 11.8 Å². The molecule has 4 aromatic rings. The molecule has 0 aromatic heterocycles. The molecule has 0 bridgehead atoms. The van der Waals surface area contributed by atoms with Gasteiger partial charge in [-0.05, 0) is 27.5 Å². The van der Waals surface area contributed by atoms with Crippen LogP contribution < -0.4 is 0 Å². The number of ether oxygens (including phenoxy) is 1. The van der Waals surface area contributed by atoms with Crippen molar-refractivity contribution in [3.05, 3.63) is 120 Å². The van der Waals surface area contributed by atoms with Crippen LogP contribution in [0.25, 0.3) is 10.8 Å². The fraction of sp³-hybridized carbons (Fsp3) is 0.172. The lowest BCUT2D eigenvalue weighted by atomic mass is 9.52. The van der Waals surface area contributed by atoms with Crippen molar-refractivity contribution in [2.24, 2.45) is 11.8 Å². The number of esters is 1. The lowest BCUT2D eigenvalue weighted by molar-refractivity contribution is -0.165.